The number of aromatic carboxylic acids is 1. The van der Waals surface area contributed by atoms with Gasteiger partial charge in [0.15, 0.2) is 0 Å². The zero-order valence-corrected chi connectivity index (χ0v) is 12.4. The summed E-state index contributed by atoms with van der Waals surface area (Å²) in [6.45, 7) is 0. The Bertz CT molecular complexity index is 985. The zero-order chi connectivity index (χ0) is 16.6. The molecule has 0 spiro atoms. The third-order valence-electron chi connectivity index (χ3n) is 3.39. The van der Waals surface area contributed by atoms with E-state index in [1.807, 2.05) is 0 Å². The number of nitrogens with zero attached hydrogens (tertiary/aromatic N) is 1. The second-order valence-electron chi connectivity index (χ2n) is 4.94. The molecule has 1 heterocycles. The molecule has 5 nitrogen and oxygen atoms in total. The monoisotopic (exact) mass is 332 g/mol. The van der Waals surface area contributed by atoms with Gasteiger partial charge < -0.3 is 10.1 Å². The Morgan fingerprint density at radius 3 is 2.83 bits per heavy atom. The van der Waals surface area contributed by atoms with Crippen LogP contribution in [0.1, 0.15) is 21.7 Å². The minimum absolute atomic E-state index is 0.0150. The Morgan fingerprint density at radius 1 is 1.30 bits per heavy atom. The molecule has 2 N–H and O–H groups in total. The molecule has 3 aromatic rings. The normalized spacial score (nSPS) is 10.9. The lowest BCUT2D eigenvalue weighted by molar-refractivity contribution is 0.0697. The number of rotatable bonds is 3. The molecular formula is C16H10ClFN2O3. The number of nitrogens with one attached hydrogen (secondary N) is 1. The van der Waals surface area contributed by atoms with Gasteiger partial charge in [-0.3, -0.25) is 4.79 Å². The average molecular weight is 333 g/mol. The minimum Gasteiger partial charge on any atom is -0.478 e. The lowest BCUT2D eigenvalue weighted by Crippen LogP contribution is -2.13. The number of carboxylic acid groups (broad SMARTS) is 1. The summed E-state index contributed by atoms with van der Waals surface area (Å²) in [5.74, 6) is -1.46. The van der Waals surface area contributed by atoms with E-state index in [0.717, 1.165) is 0 Å². The Hall–Kier alpha value is -2.73. The third kappa shape index (κ3) is 2.93. The smallest absolute Gasteiger partial charge is 0.335 e. The molecule has 0 amide bonds. The maximum absolute atomic E-state index is 13.9. The van der Waals surface area contributed by atoms with Crippen LogP contribution in [-0.4, -0.2) is 21.0 Å². The molecule has 0 aliphatic rings. The number of benzene rings is 2. The van der Waals surface area contributed by atoms with Crippen LogP contribution in [0, 0.1) is 5.82 Å². The number of hydrogen-bond acceptors (Lipinski definition) is 3. The molecule has 116 valence electrons. The Balaban J connectivity index is 2.09. The zero-order valence-electron chi connectivity index (χ0n) is 11.6. The molecular weight excluding hydrogens is 323 g/mol. The molecule has 1 aromatic heterocycles. The fourth-order valence-corrected chi connectivity index (χ4v) is 2.46. The summed E-state index contributed by atoms with van der Waals surface area (Å²) in [6, 6.07) is 8.61. The Kier molecular flexibility index (Phi) is 3.83. The van der Waals surface area contributed by atoms with E-state index in [4.69, 9.17) is 16.7 Å². The number of halogens is 2. The molecule has 23 heavy (non-hydrogen) atoms. The number of H-pyrrole nitrogens is 1. The van der Waals surface area contributed by atoms with Gasteiger partial charge in [0.25, 0.3) is 5.56 Å². The first kappa shape index (κ1) is 15.2. The maximum atomic E-state index is 13.9. The number of carbonyl (C=O) groups is 1. The van der Waals surface area contributed by atoms with E-state index < -0.39 is 17.3 Å². The highest BCUT2D eigenvalue weighted by atomic mass is 35.5. The number of carboxylic acids is 1. The molecule has 2 aromatic carbocycles. The molecule has 0 aliphatic carbocycles. The highest BCUT2D eigenvalue weighted by Gasteiger charge is 2.11. The first-order valence-electron chi connectivity index (χ1n) is 6.65. The van der Waals surface area contributed by atoms with Crippen molar-refractivity contribution in [2.45, 2.75) is 6.42 Å². The second kappa shape index (κ2) is 5.81. The highest BCUT2D eigenvalue weighted by Crippen LogP contribution is 2.20. The summed E-state index contributed by atoms with van der Waals surface area (Å²) >= 11 is 5.73. The fourth-order valence-electron chi connectivity index (χ4n) is 2.27. The number of hydrogen-bond donors (Lipinski definition) is 2. The molecule has 0 saturated heterocycles. The predicted molar refractivity (Wildman–Crippen MR) is 83.5 cm³/mol. The van der Waals surface area contributed by atoms with E-state index >= 15 is 0 Å². The van der Waals surface area contributed by atoms with Crippen LogP contribution >= 0.6 is 11.6 Å². The van der Waals surface area contributed by atoms with Gasteiger partial charge in [-0.25, -0.2) is 14.2 Å². The van der Waals surface area contributed by atoms with Crippen molar-refractivity contribution in [2.75, 3.05) is 0 Å². The van der Waals surface area contributed by atoms with Crippen molar-refractivity contribution in [1.82, 2.24) is 9.97 Å². The van der Waals surface area contributed by atoms with Crippen LogP contribution in [0.2, 0.25) is 5.02 Å². The molecule has 0 radical (unpaired) electrons. The largest absolute Gasteiger partial charge is 0.478 e. The van der Waals surface area contributed by atoms with E-state index in [9.17, 15) is 14.0 Å². The summed E-state index contributed by atoms with van der Waals surface area (Å²) in [6.07, 6.45) is 0.0366. The maximum Gasteiger partial charge on any atom is 0.335 e. The van der Waals surface area contributed by atoms with Gasteiger partial charge in [-0.2, -0.15) is 0 Å². The molecule has 0 aliphatic heterocycles. The SMILES string of the molecule is O=C(O)c1ccc2c(=O)[nH]c(Cc3cccc(Cl)c3F)nc2c1. The average Bonchev–Trinajstić information content (AvgIpc) is 2.51. The van der Waals surface area contributed by atoms with E-state index in [2.05, 4.69) is 9.97 Å². The summed E-state index contributed by atoms with van der Waals surface area (Å²) in [5, 5.41) is 9.26. The van der Waals surface area contributed by atoms with E-state index in [1.54, 1.807) is 12.1 Å². The summed E-state index contributed by atoms with van der Waals surface area (Å²) in [4.78, 5) is 29.9. The molecule has 0 fully saturated rings. The van der Waals surface area contributed by atoms with Crippen molar-refractivity contribution in [3.05, 3.63) is 74.5 Å². The van der Waals surface area contributed by atoms with Crippen molar-refractivity contribution in [3.63, 3.8) is 0 Å². The standard InChI is InChI=1S/C16H10ClFN2O3/c17-11-3-1-2-8(14(11)18)7-13-19-12-6-9(16(22)23)4-5-10(12)15(21)20-13/h1-6H,7H2,(H,22,23)(H,19,20,21). The van der Waals surface area contributed by atoms with Gasteiger partial charge in [-0.05, 0) is 29.8 Å². The first-order chi connectivity index (χ1) is 11.0. The topological polar surface area (TPSA) is 83.0 Å². The van der Waals surface area contributed by atoms with Crippen LogP contribution < -0.4 is 5.56 Å². The van der Waals surface area contributed by atoms with Gasteiger partial charge in [-0.15, -0.1) is 0 Å². The van der Waals surface area contributed by atoms with Crippen molar-refractivity contribution < 1.29 is 14.3 Å². The van der Waals surface area contributed by atoms with Gasteiger partial charge >= 0.3 is 5.97 Å². The lowest BCUT2D eigenvalue weighted by atomic mass is 10.1. The van der Waals surface area contributed by atoms with Gasteiger partial charge in [0.1, 0.15) is 11.6 Å². The minimum atomic E-state index is -1.11. The molecule has 0 atom stereocenters. The number of aromatic nitrogens is 2. The van der Waals surface area contributed by atoms with E-state index in [-0.39, 0.29) is 39.3 Å². The first-order valence-corrected chi connectivity index (χ1v) is 7.02. The summed E-state index contributed by atoms with van der Waals surface area (Å²) in [5.41, 5.74) is 0.139. The van der Waals surface area contributed by atoms with Crippen molar-refractivity contribution in [2.24, 2.45) is 0 Å². The molecule has 0 unspecified atom stereocenters. The molecule has 3 rings (SSSR count). The molecule has 0 bridgehead atoms. The van der Waals surface area contributed by atoms with Crippen LogP contribution in [0.5, 0.6) is 0 Å². The van der Waals surface area contributed by atoms with Crippen molar-refractivity contribution >= 4 is 28.5 Å². The van der Waals surface area contributed by atoms with E-state index in [1.165, 1.54) is 24.3 Å². The Morgan fingerprint density at radius 2 is 2.09 bits per heavy atom. The van der Waals surface area contributed by atoms with Crippen molar-refractivity contribution in [1.29, 1.82) is 0 Å². The van der Waals surface area contributed by atoms with Gasteiger partial charge in [0.2, 0.25) is 0 Å². The third-order valence-corrected chi connectivity index (χ3v) is 3.68. The highest BCUT2D eigenvalue weighted by molar-refractivity contribution is 6.30. The molecule has 7 heteroatoms. The molecule has 0 saturated carbocycles. The van der Waals surface area contributed by atoms with E-state index in [0.29, 0.717) is 0 Å². The van der Waals surface area contributed by atoms with Crippen LogP contribution in [-0.2, 0) is 6.42 Å². The lowest BCUT2D eigenvalue weighted by Gasteiger charge is -2.06. The quantitative estimate of drug-likeness (QED) is 0.772. The van der Waals surface area contributed by atoms with Crippen LogP contribution in [0.3, 0.4) is 0 Å². The van der Waals surface area contributed by atoms with Gasteiger partial charge in [0, 0.05) is 6.42 Å². The van der Waals surface area contributed by atoms with Gasteiger partial charge in [0.05, 0.1) is 21.5 Å². The second-order valence-corrected chi connectivity index (χ2v) is 5.35. The Labute approximate surface area is 134 Å². The van der Waals surface area contributed by atoms with Crippen LogP contribution in [0.25, 0.3) is 10.9 Å². The number of fused-ring (bicyclic) bond motifs is 1. The fraction of sp³-hybridized carbons (Fsp3) is 0.0625. The van der Waals surface area contributed by atoms with Gasteiger partial charge in [-0.1, -0.05) is 23.7 Å². The predicted octanol–water partition coefficient (Wildman–Crippen LogP) is 3.00. The van der Waals surface area contributed by atoms with Crippen molar-refractivity contribution in [3.8, 4) is 0 Å². The summed E-state index contributed by atoms with van der Waals surface area (Å²) < 4.78 is 13.9. The summed E-state index contributed by atoms with van der Waals surface area (Å²) in [7, 11) is 0. The number of aromatic amines is 1. The van der Waals surface area contributed by atoms with Crippen LogP contribution in [0.4, 0.5) is 4.39 Å². The van der Waals surface area contributed by atoms with Crippen LogP contribution in [0.15, 0.2) is 41.2 Å².